The van der Waals surface area contributed by atoms with E-state index in [0.29, 0.717) is 0 Å². The minimum absolute atomic E-state index is 1.06. The minimum atomic E-state index is 1.06. The van der Waals surface area contributed by atoms with E-state index in [9.17, 15) is 0 Å². The summed E-state index contributed by atoms with van der Waals surface area (Å²) in [6, 6.07) is 86.3. The van der Waals surface area contributed by atoms with E-state index in [1.54, 1.807) is 0 Å². The molecule has 9 aromatic rings. The Morgan fingerprint density at radius 1 is 0.183 bits per heavy atom. The van der Waals surface area contributed by atoms with Gasteiger partial charge in [-0.3, -0.25) is 0 Å². The number of anilines is 12. The van der Waals surface area contributed by atoms with Gasteiger partial charge in [0.15, 0.2) is 0 Å². The monoisotopic (exact) mass is 774 g/mol. The molecule has 0 spiro atoms. The summed E-state index contributed by atoms with van der Waals surface area (Å²) in [5.41, 5.74) is 15.4. The fourth-order valence-electron chi connectivity index (χ4n) is 7.76. The van der Waals surface area contributed by atoms with E-state index in [1.807, 2.05) is 0 Å². The van der Waals surface area contributed by atoms with E-state index >= 15 is 0 Å². The maximum absolute atomic E-state index is 2.34. The number of benzene rings is 9. The molecule has 4 nitrogen and oxygen atoms in total. The summed E-state index contributed by atoms with van der Waals surface area (Å²) in [5, 5.41) is 0. The average Bonchev–Trinajstić information content (AvgIpc) is 3.31. The Kier molecular flexibility index (Phi) is 10.9. The molecule has 0 saturated carbocycles. The number of rotatable bonds is 12. The molecule has 9 rings (SSSR count). The quantitative estimate of drug-likeness (QED) is 0.123. The molecule has 0 bridgehead atoms. The number of hydrogen-bond acceptors (Lipinski definition) is 4. The molecule has 0 aliphatic carbocycles. The van der Waals surface area contributed by atoms with Crippen molar-refractivity contribution in [1.29, 1.82) is 0 Å². The molecule has 0 saturated heterocycles. The van der Waals surface area contributed by atoms with Crippen molar-refractivity contribution >= 4 is 68.2 Å². The van der Waals surface area contributed by atoms with Crippen LogP contribution in [0, 0.1) is 13.8 Å². The van der Waals surface area contributed by atoms with Crippen molar-refractivity contribution in [3.63, 3.8) is 0 Å². The maximum atomic E-state index is 2.34. The molecule has 0 heterocycles. The summed E-state index contributed by atoms with van der Waals surface area (Å²) >= 11 is 0. The van der Waals surface area contributed by atoms with Gasteiger partial charge < -0.3 is 19.6 Å². The van der Waals surface area contributed by atoms with Crippen molar-refractivity contribution in [2.24, 2.45) is 0 Å². The Morgan fingerprint density at radius 2 is 0.367 bits per heavy atom. The van der Waals surface area contributed by atoms with Crippen LogP contribution in [-0.4, -0.2) is 0 Å². The Balaban J connectivity index is 1.12. The standard InChI is InChI=1S/C56H46N4/c1-43-26-30-49(31-27-43)59(53-38-34-51(35-39-53)57(45-16-7-3-8-17-45)46-18-9-4-10-19-46)55-24-15-25-56(42-55)60(50-32-28-44(2)29-33-50)54-40-36-52(37-41-54)58(47-20-11-5-12-21-47)48-22-13-6-14-23-48/h3-42H,1-2H3. The van der Waals surface area contributed by atoms with Crippen LogP contribution in [0.4, 0.5) is 68.2 Å². The van der Waals surface area contributed by atoms with Gasteiger partial charge in [0, 0.05) is 68.2 Å². The van der Waals surface area contributed by atoms with Gasteiger partial charge in [-0.2, -0.15) is 0 Å². The van der Waals surface area contributed by atoms with Crippen LogP contribution in [0.15, 0.2) is 243 Å². The lowest BCUT2D eigenvalue weighted by Gasteiger charge is -2.31. The van der Waals surface area contributed by atoms with Crippen molar-refractivity contribution in [2.45, 2.75) is 13.8 Å². The Bertz CT molecular complexity index is 2470. The zero-order valence-electron chi connectivity index (χ0n) is 33.9. The summed E-state index contributed by atoms with van der Waals surface area (Å²) in [7, 11) is 0. The molecule has 4 heteroatoms. The first-order valence-corrected chi connectivity index (χ1v) is 20.4. The first kappa shape index (κ1) is 37.7. The van der Waals surface area contributed by atoms with Gasteiger partial charge in [-0.15, -0.1) is 0 Å². The SMILES string of the molecule is Cc1ccc(N(c2ccc(N(c3ccccc3)c3ccccc3)cc2)c2cccc(N(c3ccc(C)cc3)c3ccc(N(c4ccccc4)c4ccccc4)cc3)c2)cc1. The molecular formula is C56H46N4. The minimum Gasteiger partial charge on any atom is -0.311 e. The topological polar surface area (TPSA) is 13.0 Å². The zero-order valence-corrected chi connectivity index (χ0v) is 33.9. The van der Waals surface area contributed by atoms with E-state index in [0.717, 1.165) is 68.2 Å². The molecule has 60 heavy (non-hydrogen) atoms. The van der Waals surface area contributed by atoms with Gasteiger partial charge in [0.05, 0.1) is 0 Å². The Morgan fingerprint density at radius 3 is 0.617 bits per heavy atom. The molecule has 0 N–H and O–H groups in total. The predicted molar refractivity (Wildman–Crippen MR) is 255 cm³/mol. The summed E-state index contributed by atoms with van der Waals surface area (Å²) in [4.78, 5) is 9.28. The van der Waals surface area contributed by atoms with Crippen LogP contribution in [0.25, 0.3) is 0 Å². The van der Waals surface area contributed by atoms with Gasteiger partial charge in [-0.25, -0.2) is 0 Å². The summed E-state index contributed by atoms with van der Waals surface area (Å²) < 4.78 is 0. The average molecular weight is 775 g/mol. The molecule has 0 amide bonds. The van der Waals surface area contributed by atoms with E-state index in [-0.39, 0.29) is 0 Å². The van der Waals surface area contributed by atoms with Crippen LogP contribution in [-0.2, 0) is 0 Å². The molecule has 0 aliphatic heterocycles. The molecule has 0 atom stereocenters. The first-order chi connectivity index (χ1) is 29.6. The summed E-state index contributed by atoms with van der Waals surface area (Å²) in [6.07, 6.45) is 0. The van der Waals surface area contributed by atoms with Crippen LogP contribution in [0.2, 0.25) is 0 Å². The van der Waals surface area contributed by atoms with Gasteiger partial charge in [0.2, 0.25) is 0 Å². The second kappa shape index (κ2) is 17.4. The first-order valence-electron chi connectivity index (χ1n) is 20.4. The normalized spacial score (nSPS) is 10.8. The zero-order chi connectivity index (χ0) is 40.7. The van der Waals surface area contributed by atoms with E-state index in [4.69, 9.17) is 0 Å². The third-order valence-electron chi connectivity index (χ3n) is 10.7. The lowest BCUT2D eigenvalue weighted by molar-refractivity contribution is 1.23. The highest BCUT2D eigenvalue weighted by Crippen LogP contribution is 2.43. The summed E-state index contributed by atoms with van der Waals surface area (Å²) in [5.74, 6) is 0. The van der Waals surface area contributed by atoms with Crippen molar-refractivity contribution in [1.82, 2.24) is 0 Å². The van der Waals surface area contributed by atoms with Crippen molar-refractivity contribution in [2.75, 3.05) is 19.6 Å². The molecule has 0 unspecified atom stereocenters. The van der Waals surface area contributed by atoms with Crippen LogP contribution in [0.1, 0.15) is 11.1 Å². The van der Waals surface area contributed by atoms with Crippen LogP contribution < -0.4 is 19.6 Å². The number of hydrogen-bond donors (Lipinski definition) is 0. The molecule has 9 aromatic carbocycles. The molecule has 290 valence electrons. The largest absolute Gasteiger partial charge is 0.311 e. The number of aryl methyl sites for hydroxylation is 2. The number of nitrogens with zero attached hydrogens (tertiary/aromatic N) is 4. The van der Waals surface area contributed by atoms with Crippen LogP contribution in [0.5, 0.6) is 0 Å². The molecular weight excluding hydrogens is 729 g/mol. The van der Waals surface area contributed by atoms with Crippen molar-refractivity contribution < 1.29 is 0 Å². The second-order valence-corrected chi connectivity index (χ2v) is 14.9. The second-order valence-electron chi connectivity index (χ2n) is 14.9. The summed E-state index contributed by atoms with van der Waals surface area (Å²) in [6.45, 7) is 4.27. The fourth-order valence-corrected chi connectivity index (χ4v) is 7.76. The van der Waals surface area contributed by atoms with E-state index in [1.165, 1.54) is 11.1 Å². The fraction of sp³-hybridized carbons (Fsp3) is 0.0357. The predicted octanol–water partition coefficient (Wildman–Crippen LogP) is 16.2. The lowest BCUT2D eigenvalue weighted by atomic mass is 10.1. The van der Waals surface area contributed by atoms with Gasteiger partial charge in [0.25, 0.3) is 0 Å². The van der Waals surface area contributed by atoms with Gasteiger partial charge >= 0.3 is 0 Å². The third kappa shape index (κ3) is 8.13. The van der Waals surface area contributed by atoms with Gasteiger partial charge in [-0.05, 0) is 153 Å². The highest BCUT2D eigenvalue weighted by atomic mass is 15.2. The smallest absolute Gasteiger partial charge is 0.0482 e. The van der Waals surface area contributed by atoms with Crippen molar-refractivity contribution in [3.05, 3.63) is 254 Å². The number of para-hydroxylation sites is 4. The molecule has 0 fully saturated rings. The van der Waals surface area contributed by atoms with Gasteiger partial charge in [-0.1, -0.05) is 114 Å². The van der Waals surface area contributed by atoms with Crippen LogP contribution >= 0.6 is 0 Å². The third-order valence-corrected chi connectivity index (χ3v) is 10.7. The highest BCUT2D eigenvalue weighted by molar-refractivity contribution is 5.86. The maximum Gasteiger partial charge on any atom is 0.0482 e. The van der Waals surface area contributed by atoms with Crippen molar-refractivity contribution in [3.8, 4) is 0 Å². The molecule has 0 aliphatic rings. The Labute approximate surface area is 354 Å². The highest BCUT2D eigenvalue weighted by Gasteiger charge is 2.20. The molecule has 0 aromatic heterocycles. The molecule has 0 radical (unpaired) electrons. The van der Waals surface area contributed by atoms with E-state index in [2.05, 4.69) is 276 Å². The lowest BCUT2D eigenvalue weighted by Crippen LogP contribution is -2.14. The van der Waals surface area contributed by atoms with E-state index < -0.39 is 0 Å². The van der Waals surface area contributed by atoms with Gasteiger partial charge in [0.1, 0.15) is 0 Å². The van der Waals surface area contributed by atoms with Crippen LogP contribution in [0.3, 0.4) is 0 Å². The Hall–Kier alpha value is -7.82.